The van der Waals surface area contributed by atoms with Gasteiger partial charge >= 0.3 is 0 Å². The highest BCUT2D eigenvalue weighted by Gasteiger charge is 2.52. The second-order valence-corrected chi connectivity index (χ2v) is 19.7. The molecule has 4 N–H and O–H groups in total. The van der Waals surface area contributed by atoms with E-state index in [9.17, 15) is 49.5 Å². The Labute approximate surface area is 387 Å². The Morgan fingerprint density at radius 1 is 0.892 bits per heavy atom. The smallest absolute Gasteiger partial charge is 0.296 e. The number of piperidine rings is 1. The number of ketones is 3. The molecule has 14 heteroatoms. The molecule has 1 unspecified atom stereocenters. The summed E-state index contributed by atoms with van der Waals surface area (Å²) < 4.78 is 16.8. The third kappa shape index (κ3) is 15.9. The molecule has 368 valence electrons. The Bertz CT molecular complexity index is 1720. The van der Waals surface area contributed by atoms with E-state index in [1.807, 2.05) is 26.0 Å². The molecule has 3 rings (SSSR count). The van der Waals surface area contributed by atoms with Gasteiger partial charge in [-0.15, -0.1) is 0 Å². The van der Waals surface area contributed by atoms with Gasteiger partial charge in [0.05, 0.1) is 36.4 Å². The minimum Gasteiger partial charge on any atom is -0.548 e. The number of likely N-dealkylation sites (tertiary alicyclic amines) is 1. The van der Waals surface area contributed by atoms with E-state index in [-0.39, 0.29) is 48.9 Å². The number of aliphatic hydroxyl groups excluding tert-OH is 3. The summed E-state index contributed by atoms with van der Waals surface area (Å²) in [5, 5.41) is 55.4. The largest absolute Gasteiger partial charge is 0.548 e. The SMILES string of the molecule is CO[C@@H]1CC(C[C@@H](C)[C@@H](C)CC(=O)[C@H](C)/C=C(\C)[C@@H](O)[C@@H](OC)C(=O)[C@H](C)C[C@H](C)/C=C/C=C/C=C(\C)[C@@H](O)C[C@@H]2CC[C@@H](C)[C@](O)(C(=O)C(=O)N3CCCC[C@H]3C(=O)[O-])O2)CC[C@H]1O. The van der Waals surface area contributed by atoms with Crippen LogP contribution in [-0.2, 0) is 38.2 Å². The lowest BCUT2D eigenvalue weighted by Crippen LogP contribution is -2.61. The number of allylic oxidation sites excluding steroid dienone is 6. The standard InChI is InChI=1S/C51H81NO13/c1-30(16-12-11-13-17-31(2)43(55)29-39-21-19-37(8)51(62,65-39)48(58)49(59)52-23-15-14-18-40(52)50(60)61)24-35(6)45(56)47(64-10)46(57)36(7)25-34(5)42(54)27-33(4)32(3)26-38-20-22-41(53)44(28-38)63-9/h11-13,16-17,25,30,32-35,37-41,43-44,46-47,53,55,57,62H,14-15,18-24,26-29H2,1-10H3,(H,60,61)/p-1/b13-11+,16-12+,31-17+,36-25+/t30-,32-,33+,34-,35-,37-,38?,39+,40+,41-,43+,44-,46-,47+,51-/m1/s1. The zero-order valence-corrected chi connectivity index (χ0v) is 40.6. The van der Waals surface area contributed by atoms with Crippen molar-refractivity contribution < 1.29 is 63.7 Å². The number of hydrogen-bond donors (Lipinski definition) is 4. The molecule has 3 fully saturated rings. The van der Waals surface area contributed by atoms with Gasteiger partial charge in [0.2, 0.25) is 5.79 Å². The van der Waals surface area contributed by atoms with Gasteiger partial charge < -0.3 is 49.4 Å². The first-order chi connectivity index (χ1) is 30.5. The number of carbonyl (C=O) groups is 5. The quantitative estimate of drug-likeness (QED) is 0.0571. The monoisotopic (exact) mass is 915 g/mol. The molecule has 2 aliphatic heterocycles. The number of hydrogen-bond acceptors (Lipinski definition) is 13. The number of rotatable bonds is 24. The Hall–Kier alpha value is -3.37. The van der Waals surface area contributed by atoms with E-state index >= 15 is 0 Å². The highest BCUT2D eigenvalue weighted by molar-refractivity contribution is 6.39. The molecule has 1 amide bonds. The van der Waals surface area contributed by atoms with Gasteiger partial charge in [0.1, 0.15) is 18.0 Å². The fraction of sp³-hybridized carbons (Fsp3) is 0.745. The molecule has 3 aliphatic rings. The van der Waals surface area contributed by atoms with E-state index in [0.717, 1.165) is 30.6 Å². The topological polar surface area (TPSA) is 220 Å². The first-order valence-corrected chi connectivity index (χ1v) is 23.9. The highest BCUT2D eigenvalue weighted by Crippen LogP contribution is 2.37. The number of amides is 1. The second-order valence-electron chi connectivity index (χ2n) is 19.7. The Morgan fingerprint density at radius 3 is 2.23 bits per heavy atom. The van der Waals surface area contributed by atoms with Crippen molar-refractivity contribution in [2.24, 2.45) is 41.4 Å². The minimum atomic E-state index is -2.45. The Balaban J connectivity index is 1.48. The molecule has 2 saturated heterocycles. The fourth-order valence-corrected chi connectivity index (χ4v) is 9.66. The van der Waals surface area contributed by atoms with Crippen molar-refractivity contribution in [1.29, 1.82) is 0 Å². The average molecular weight is 915 g/mol. The van der Waals surface area contributed by atoms with E-state index in [4.69, 9.17) is 14.2 Å². The van der Waals surface area contributed by atoms with Crippen molar-refractivity contribution >= 4 is 29.2 Å². The lowest BCUT2D eigenvalue weighted by molar-refractivity contribution is -0.312. The Kier molecular flexibility index (Phi) is 22.6. The van der Waals surface area contributed by atoms with Crippen LogP contribution >= 0.6 is 0 Å². The highest BCUT2D eigenvalue weighted by atomic mass is 16.6. The maximum absolute atomic E-state index is 13.5. The lowest BCUT2D eigenvalue weighted by atomic mass is 9.76. The molecule has 2 heterocycles. The van der Waals surface area contributed by atoms with Crippen molar-refractivity contribution in [3.63, 3.8) is 0 Å². The van der Waals surface area contributed by atoms with Crippen molar-refractivity contribution in [3.05, 3.63) is 47.6 Å². The van der Waals surface area contributed by atoms with Gasteiger partial charge in [-0.25, -0.2) is 0 Å². The minimum absolute atomic E-state index is 0.00512. The number of aliphatic hydroxyl groups is 4. The summed E-state index contributed by atoms with van der Waals surface area (Å²) in [6, 6.07) is -1.25. The molecule has 1 saturated carbocycles. The molecule has 65 heavy (non-hydrogen) atoms. The molecular weight excluding hydrogens is 835 g/mol. The lowest BCUT2D eigenvalue weighted by Gasteiger charge is -2.43. The summed E-state index contributed by atoms with van der Waals surface area (Å²) in [7, 11) is 3.03. The second kappa shape index (κ2) is 26.2. The summed E-state index contributed by atoms with van der Waals surface area (Å²) in [4.78, 5) is 65.9. The molecule has 14 nitrogen and oxygen atoms in total. The van der Waals surface area contributed by atoms with Gasteiger partial charge in [-0.05, 0) is 113 Å². The predicted octanol–water partition coefficient (Wildman–Crippen LogP) is 4.99. The van der Waals surface area contributed by atoms with Crippen molar-refractivity contribution in [1.82, 2.24) is 4.90 Å². The van der Waals surface area contributed by atoms with E-state index < -0.39 is 77.8 Å². The normalized spacial score (nSPS) is 29.7. The van der Waals surface area contributed by atoms with Gasteiger partial charge in [0.25, 0.3) is 11.7 Å². The molecule has 0 aromatic rings. The van der Waals surface area contributed by atoms with Gasteiger partial charge in [-0.1, -0.05) is 78.0 Å². The molecule has 0 bridgehead atoms. The van der Waals surface area contributed by atoms with Crippen molar-refractivity contribution in [2.45, 2.75) is 181 Å². The van der Waals surface area contributed by atoms with Crippen LogP contribution < -0.4 is 5.11 Å². The average Bonchev–Trinajstić information content (AvgIpc) is 3.27. The van der Waals surface area contributed by atoms with Crippen LogP contribution in [0.4, 0.5) is 0 Å². The van der Waals surface area contributed by atoms with Crippen LogP contribution in [0.5, 0.6) is 0 Å². The van der Waals surface area contributed by atoms with Crippen LogP contribution in [-0.4, -0.2) is 124 Å². The molecule has 0 aromatic carbocycles. The maximum Gasteiger partial charge on any atom is 0.296 e. The first kappa shape index (κ1) is 56.0. The third-order valence-corrected chi connectivity index (χ3v) is 14.4. The zero-order chi connectivity index (χ0) is 48.8. The van der Waals surface area contributed by atoms with E-state index in [1.165, 1.54) is 7.11 Å². The number of carboxylic acids is 1. The van der Waals surface area contributed by atoms with Gasteiger partial charge in [-0.2, -0.15) is 0 Å². The molecule has 0 aromatic heterocycles. The molecule has 1 aliphatic carbocycles. The number of methoxy groups -OCH3 is 2. The third-order valence-electron chi connectivity index (χ3n) is 14.4. The number of aliphatic carboxylic acids is 1. The van der Waals surface area contributed by atoms with Gasteiger partial charge in [0.15, 0.2) is 5.78 Å². The molecule has 15 atom stereocenters. The number of nitrogens with zero attached hydrogens (tertiary/aromatic N) is 1. The number of carboxylic acid groups (broad SMARTS) is 1. The number of carbonyl (C=O) groups excluding carboxylic acids is 5. The first-order valence-electron chi connectivity index (χ1n) is 23.9. The summed E-state index contributed by atoms with van der Waals surface area (Å²) in [6.45, 7) is 15.0. The van der Waals surface area contributed by atoms with Crippen molar-refractivity contribution in [2.75, 3.05) is 20.8 Å². The van der Waals surface area contributed by atoms with Crippen LogP contribution in [0.25, 0.3) is 0 Å². The van der Waals surface area contributed by atoms with E-state index in [2.05, 4.69) is 13.8 Å². The summed E-state index contributed by atoms with van der Waals surface area (Å²) in [5.41, 5.74) is 1.11. The van der Waals surface area contributed by atoms with Crippen LogP contribution in [0.15, 0.2) is 47.6 Å². The summed E-state index contributed by atoms with van der Waals surface area (Å²) >= 11 is 0. The van der Waals surface area contributed by atoms with Gasteiger partial charge in [-0.3, -0.25) is 19.2 Å². The van der Waals surface area contributed by atoms with E-state index in [1.54, 1.807) is 59.1 Å². The van der Waals surface area contributed by atoms with E-state index in [0.29, 0.717) is 61.5 Å². The zero-order valence-electron chi connectivity index (χ0n) is 40.6. The van der Waals surface area contributed by atoms with Crippen molar-refractivity contribution in [3.8, 4) is 0 Å². The summed E-state index contributed by atoms with van der Waals surface area (Å²) in [6.07, 6.45) is 12.7. The molecular formula is C51H80NO13-. The molecule has 0 spiro atoms. The van der Waals surface area contributed by atoms with Crippen LogP contribution in [0.1, 0.15) is 132 Å². The predicted molar refractivity (Wildman–Crippen MR) is 245 cm³/mol. The maximum atomic E-state index is 13.5. The molecule has 0 radical (unpaired) electrons. The van der Waals surface area contributed by atoms with Gasteiger partial charge in [0, 0.05) is 51.4 Å². The Morgan fingerprint density at radius 2 is 1.58 bits per heavy atom. The number of ether oxygens (including phenoxy) is 3. The van der Waals surface area contributed by atoms with Crippen LogP contribution in [0.2, 0.25) is 0 Å². The van der Waals surface area contributed by atoms with Crippen LogP contribution in [0, 0.1) is 41.4 Å². The summed E-state index contributed by atoms with van der Waals surface area (Å²) in [5.74, 6) is -7.07. The number of Topliss-reactive ketones (excluding diaryl/α,β-unsaturated/α-hetero) is 3. The van der Waals surface area contributed by atoms with Crippen LogP contribution in [0.3, 0.4) is 0 Å². The fourth-order valence-electron chi connectivity index (χ4n) is 9.66.